The first-order valence-electron chi connectivity index (χ1n) is 20.7. The summed E-state index contributed by atoms with van der Waals surface area (Å²) >= 11 is 0. The maximum Gasteiger partial charge on any atom is 0.137 e. The van der Waals surface area contributed by atoms with Gasteiger partial charge < -0.3 is 9.32 Å². The average Bonchev–Trinajstić information content (AvgIpc) is 3.69. The van der Waals surface area contributed by atoms with E-state index in [1.54, 1.807) is 0 Å². The number of nitrogens with zero attached hydrogens (tertiary/aromatic N) is 1. The fourth-order valence-corrected chi connectivity index (χ4v) is 10.0. The summed E-state index contributed by atoms with van der Waals surface area (Å²) in [5.74, 6) is 0. The van der Waals surface area contributed by atoms with Crippen LogP contribution in [0.3, 0.4) is 0 Å². The number of hydrogen-bond donors (Lipinski definition) is 0. The largest absolute Gasteiger partial charge is 0.456 e. The molecule has 2 nitrogen and oxygen atoms in total. The third kappa shape index (κ3) is 4.88. The Hall–Kier alpha value is -7.94. The van der Waals surface area contributed by atoms with E-state index in [9.17, 15) is 0 Å². The molecular weight excluding hydrogens is 727 g/mol. The van der Waals surface area contributed by atoms with Crippen LogP contribution < -0.4 is 4.90 Å². The Balaban J connectivity index is 1.08. The summed E-state index contributed by atoms with van der Waals surface area (Å²) in [5, 5.41) is 17.4. The van der Waals surface area contributed by atoms with E-state index in [0.29, 0.717) is 0 Å². The van der Waals surface area contributed by atoms with Crippen LogP contribution in [-0.2, 0) is 0 Å². The Morgan fingerprint density at radius 1 is 0.267 bits per heavy atom. The molecule has 13 aromatic rings. The maximum absolute atomic E-state index is 6.53. The number of hydrogen-bond acceptors (Lipinski definition) is 2. The lowest BCUT2D eigenvalue weighted by Gasteiger charge is -2.28. The highest BCUT2D eigenvalue weighted by Crippen LogP contribution is 2.49. The molecule has 0 radical (unpaired) electrons. The zero-order chi connectivity index (χ0) is 39.3. The third-order valence-corrected chi connectivity index (χ3v) is 12.8. The van der Waals surface area contributed by atoms with E-state index < -0.39 is 0 Å². The number of rotatable bonds is 5. The first kappa shape index (κ1) is 33.1. The highest BCUT2D eigenvalue weighted by Gasteiger charge is 2.22. The molecule has 0 unspecified atom stereocenters. The van der Waals surface area contributed by atoms with Crippen molar-refractivity contribution >= 4 is 104 Å². The van der Waals surface area contributed by atoms with Gasteiger partial charge in [-0.2, -0.15) is 0 Å². The lowest BCUT2D eigenvalue weighted by atomic mass is 9.87. The van der Waals surface area contributed by atoms with E-state index >= 15 is 0 Å². The number of benzene rings is 11. The second-order valence-corrected chi connectivity index (χ2v) is 16.0. The molecular formula is C58H35NO. The summed E-state index contributed by atoms with van der Waals surface area (Å²) in [4.78, 5) is 2.42. The van der Waals surface area contributed by atoms with Gasteiger partial charge in [-0.05, 0) is 113 Å². The molecule has 0 spiro atoms. The standard InChI is InChI=1S/C58H35NO/c1-2-10-36(11-3-1)37-22-24-38(25-23-37)39-28-30-43(31-29-39)59(44-32-33-46-45-15-4-5-21-53(45)60-54(46)35-44)52-34-42-14-8-18-48-47-16-6-12-40-26-27-41-13-7-17-49(56(41)55(40)47)50-19-9-20-51(52)58(50)57(42)48/h1-35H. The number of anilines is 3. The molecule has 12 aromatic carbocycles. The van der Waals surface area contributed by atoms with Gasteiger partial charge in [-0.1, -0.05) is 170 Å². The van der Waals surface area contributed by atoms with Crippen LogP contribution >= 0.6 is 0 Å². The second-order valence-electron chi connectivity index (χ2n) is 16.0. The van der Waals surface area contributed by atoms with Gasteiger partial charge in [-0.25, -0.2) is 0 Å². The highest BCUT2D eigenvalue weighted by molar-refractivity contribution is 6.38. The molecule has 0 bridgehead atoms. The minimum atomic E-state index is 0.868. The van der Waals surface area contributed by atoms with Crippen LogP contribution in [0.1, 0.15) is 0 Å². The molecule has 60 heavy (non-hydrogen) atoms. The lowest BCUT2D eigenvalue weighted by Crippen LogP contribution is -2.10. The molecule has 0 saturated heterocycles. The highest BCUT2D eigenvalue weighted by atomic mass is 16.3. The molecule has 0 fully saturated rings. The van der Waals surface area contributed by atoms with Crippen molar-refractivity contribution in [2.24, 2.45) is 0 Å². The normalized spacial score (nSPS) is 12.0. The van der Waals surface area contributed by atoms with Crippen LogP contribution in [0, 0.1) is 0 Å². The lowest BCUT2D eigenvalue weighted by molar-refractivity contribution is 0.669. The Kier molecular flexibility index (Phi) is 7.05. The minimum absolute atomic E-state index is 0.868. The summed E-state index contributed by atoms with van der Waals surface area (Å²) < 4.78 is 6.53. The molecule has 0 N–H and O–H groups in total. The Morgan fingerprint density at radius 3 is 1.40 bits per heavy atom. The van der Waals surface area contributed by atoms with Crippen LogP contribution in [0.5, 0.6) is 0 Å². The summed E-state index contributed by atoms with van der Waals surface area (Å²) in [6.45, 7) is 0. The van der Waals surface area contributed by atoms with Gasteiger partial charge in [0, 0.05) is 39.0 Å². The smallest absolute Gasteiger partial charge is 0.137 e. The van der Waals surface area contributed by atoms with E-state index in [1.165, 1.54) is 86.9 Å². The van der Waals surface area contributed by atoms with E-state index in [0.717, 1.165) is 39.0 Å². The Bertz CT molecular complexity index is 3800. The fourth-order valence-electron chi connectivity index (χ4n) is 10.0. The summed E-state index contributed by atoms with van der Waals surface area (Å²) in [7, 11) is 0. The molecule has 0 amide bonds. The summed E-state index contributed by atoms with van der Waals surface area (Å²) in [6, 6.07) is 77.7. The van der Waals surface area contributed by atoms with Crippen molar-refractivity contribution in [3.05, 3.63) is 212 Å². The van der Waals surface area contributed by atoms with Gasteiger partial charge in [0.1, 0.15) is 11.2 Å². The third-order valence-electron chi connectivity index (χ3n) is 12.8. The Morgan fingerprint density at radius 2 is 0.733 bits per heavy atom. The second kappa shape index (κ2) is 12.8. The molecule has 1 heterocycles. The number of para-hydroxylation sites is 1. The first-order valence-corrected chi connectivity index (χ1v) is 20.7. The average molecular weight is 762 g/mol. The zero-order valence-corrected chi connectivity index (χ0v) is 32.6. The van der Waals surface area contributed by atoms with Crippen molar-refractivity contribution in [1.82, 2.24) is 0 Å². The minimum Gasteiger partial charge on any atom is -0.456 e. The summed E-state index contributed by atoms with van der Waals surface area (Å²) in [6.07, 6.45) is 0. The van der Waals surface area contributed by atoms with Gasteiger partial charge in [-0.3, -0.25) is 0 Å². The van der Waals surface area contributed by atoms with Gasteiger partial charge in [-0.15, -0.1) is 0 Å². The molecule has 2 heteroatoms. The molecule has 0 aliphatic carbocycles. The van der Waals surface area contributed by atoms with Crippen LogP contribution in [0.2, 0.25) is 0 Å². The van der Waals surface area contributed by atoms with E-state index in [2.05, 4.69) is 211 Å². The van der Waals surface area contributed by atoms with Crippen molar-refractivity contribution in [2.45, 2.75) is 0 Å². The quantitative estimate of drug-likeness (QED) is 0.162. The zero-order valence-electron chi connectivity index (χ0n) is 32.6. The van der Waals surface area contributed by atoms with Crippen LogP contribution in [0.15, 0.2) is 217 Å². The fraction of sp³-hybridized carbons (Fsp3) is 0. The number of fused-ring (bicyclic) bond motifs is 5. The van der Waals surface area contributed by atoms with Crippen molar-refractivity contribution in [3.8, 4) is 22.3 Å². The predicted molar refractivity (Wildman–Crippen MR) is 255 cm³/mol. The number of furan rings is 1. The monoisotopic (exact) mass is 761 g/mol. The van der Waals surface area contributed by atoms with Gasteiger partial charge in [0.25, 0.3) is 0 Å². The van der Waals surface area contributed by atoms with Gasteiger partial charge in [0.15, 0.2) is 0 Å². The topological polar surface area (TPSA) is 16.4 Å². The van der Waals surface area contributed by atoms with Crippen LogP contribution in [0.4, 0.5) is 17.1 Å². The molecule has 0 atom stereocenters. The van der Waals surface area contributed by atoms with Crippen LogP contribution in [0.25, 0.3) is 109 Å². The van der Waals surface area contributed by atoms with Crippen molar-refractivity contribution < 1.29 is 4.42 Å². The summed E-state index contributed by atoms with van der Waals surface area (Å²) in [5.41, 5.74) is 9.77. The molecule has 0 aliphatic heterocycles. The van der Waals surface area contributed by atoms with Crippen molar-refractivity contribution in [1.29, 1.82) is 0 Å². The van der Waals surface area contributed by atoms with E-state index in [1.807, 2.05) is 6.07 Å². The molecule has 0 saturated carbocycles. The van der Waals surface area contributed by atoms with E-state index in [4.69, 9.17) is 4.42 Å². The van der Waals surface area contributed by atoms with Gasteiger partial charge in [0.05, 0.1) is 5.69 Å². The van der Waals surface area contributed by atoms with E-state index in [-0.39, 0.29) is 0 Å². The Labute approximate surface area is 346 Å². The first-order chi connectivity index (χ1) is 29.7. The molecule has 0 aliphatic rings. The predicted octanol–water partition coefficient (Wildman–Crippen LogP) is 16.7. The van der Waals surface area contributed by atoms with Crippen molar-refractivity contribution in [2.75, 3.05) is 4.90 Å². The van der Waals surface area contributed by atoms with Crippen molar-refractivity contribution in [3.63, 3.8) is 0 Å². The SMILES string of the molecule is c1ccc(-c2ccc(-c3ccc(N(c4ccc5c(c4)oc4ccccc45)c4cc5cccc6c7cccc8ccc9cccc(c%10cccc4c%10c56)c9c87)cc3)cc2)cc1. The molecule has 278 valence electrons. The molecule has 1 aromatic heterocycles. The maximum atomic E-state index is 6.53. The molecule has 13 rings (SSSR count). The van der Waals surface area contributed by atoms with Gasteiger partial charge >= 0.3 is 0 Å². The van der Waals surface area contributed by atoms with Gasteiger partial charge in [0.2, 0.25) is 0 Å². The van der Waals surface area contributed by atoms with Crippen LogP contribution in [-0.4, -0.2) is 0 Å².